The van der Waals surface area contributed by atoms with Crippen LogP contribution < -0.4 is 5.32 Å². The molecule has 0 unspecified atom stereocenters. The number of aromatic hydroxyl groups is 1. The number of phenols is 1. The number of nitrogens with one attached hydrogen (secondary N) is 1. The van der Waals surface area contributed by atoms with Gasteiger partial charge < -0.3 is 15.5 Å². The second-order valence-corrected chi connectivity index (χ2v) is 8.93. The lowest BCUT2D eigenvalue weighted by Crippen LogP contribution is -2.50. The van der Waals surface area contributed by atoms with E-state index in [-0.39, 0.29) is 16.7 Å². The number of aromatic nitrogens is 1. The quantitative estimate of drug-likeness (QED) is 0.492. The lowest BCUT2D eigenvalue weighted by atomic mass is 9.95. The number of halogens is 2. The van der Waals surface area contributed by atoms with Crippen molar-refractivity contribution >= 4 is 51.9 Å². The molecule has 0 saturated heterocycles. The largest absolute Gasteiger partial charge is 0.508 e. The Hall–Kier alpha value is -3.03. The zero-order chi connectivity index (χ0) is 24.0. The van der Waals surface area contributed by atoms with Gasteiger partial charge >= 0.3 is 5.97 Å². The normalized spacial score (nSPS) is 12.6. The molecule has 0 fully saturated rings. The van der Waals surface area contributed by atoms with E-state index in [4.69, 9.17) is 23.2 Å². The average molecular weight is 477 g/mol. The summed E-state index contributed by atoms with van der Waals surface area (Å²) < 4.78 is 1.44. The smallest absolute Gasteiger partial charge is 0.328 e. The Kier molecular flexibility index (Phi) is 6.26. The highest BCUT2D eigenvalue weighted by molar-refractivity contribution is 6.42. The predicted molar refractivity (Wildman–Crippen MR) is 123 cm³/mol. The van der Waals surface area contributed by atoms with E-state index in [1.807, 2.05) is 0 Å². The summed E-state index contributed by atoms with van der Waals surface area (Å²) in [6, 6.07) is 9.04. The van der Waals surface area contributed by atoms with Gasteiger partial charge in [-0.25, -0.2) is 4.79 Å². The summed E-state index contributed by atoms with van der Waals surface area (Å²) >= 11 is 12.0. The van der Waals surface area contributed by atoms with Crippen molar-refractivity contribution in [3.63, 3.8) is 0 Å². The molecule has 3 aromatic rings. The van der Waals surface area contributed by atoms with Crippen LogP contribution in [-0.2, 0) is 9.59 Å². The van der Waals surface area contributed by atoms with Crippen molar-refractivity contribution in [2.24, 2.45) is 0 Å². The molecule has 1 aromatic heterocycles. The lowest BCUT2D eigenvalue weighted by Gasteiger charge is -2.23. The average Bonchev–Trinajstić information content (AvgIpc) is 2.99. The van der Waals surface area contributed by atoms with Gasteiger partial charge in [0, 0.05) is 16.6 Å². The molecule has 3 N–H and O–H groups in total. The van der Waals surface area contributed by atoms with Gasteiger partial charge in [0.2, 0.25) is 5.91 Å². The number of hydrogen-bond acceptors (Lipinski definition) is 4. The molecule has 9 heteroatoms. The molecule has 168 valence electrons. The molecule has 1 heterocycles. The summed E-state index contributed by atoms with van der Waals surface area (Å²) in [7, 11) is 0. The van der Waals surface area contributed by atoms with E-state index in [0.29, 0.717) is 32.7 Å². The van der Waals surface area contributed by atoms with Crippen LogP contribution in [0.15, 0.2) is 36.4 Å². The minimum atomic E-state index is -1.48. The lowest BCUT2D eigenvalue weighted by molar-refractivity contribution is -0.146. The van der Waals surface area contributed by atoms with Gasteiger partial charge in [-0.1, -0.05) is 23.2 Å². The number of carboxylic acid groups (broad SMARTS) is 1. The van der Waals surface area contributed by atoms with Gasteiger partial charge in [0.1, 0.15) is 11.3 Å². The molecule has 0 aliphatic rings. The zero-order valence-electron chi connectivity index (χ0n) is 17.9. The van der Waals surface area contributed by atoms with Crippen LogP contribution in [0.4, 0.5) is 0 Å². The van der Waals surface area contributed by atoms with Crippen LogP contribution in [-0.4, -0.2) is 38.1 Å². The second kappa shape index (κ2) is 8.48. The Balaban J connectivity index is 2.16. The number of aliphatic carboxylic acids is 1. The zero-order valence-corrected chi connectivity index (χ0v) is 19.4. The number of rotatable bonds is 5. The van der Waals surface area contributed by atoms with Gasteiger partial charge in [-0.2, -0.15) is 0 Å². The van der Waals surface area contributed by atoms with Gasteiger partial charge in [0.05, 0.1) is 21.5 Å². The molecule has 32 heavy (non-hydrogen) atoms. The summed E-state index contributed by atoms with van der Waals surface area (Å²) in [5.41, 5.74) is 0.294. The fourth-order valence-electron chi connectivity index (χ4n) is 3.60. The summed E-state index contributed by atoms with van der Waals surface area (Å²) in [5, 5.41) is 23.0. The van der Waals surface area contributed by atoms with E-state index < -0.39 is 23.3 Å². The van der Waals surface area contributed by atoms with Gasteiger partial charge in [-0.3, -0.25) is 14.2 Å². The molecular formula is C23H22Cl2N2O5. The molecule has 0 bridgehead atoms. The van der Waals surface area contributed by atoms with Crippen LogP contribution in [0.5, 0.6) is 5.75 Å². The SMILES string of the molecule is Cc1c([C@@H](C)C(=O)NC(C)(C)C(=O)O)c2cc(O)ccc2n1C(=O)c1ccc(Cl)c(Cl)c1. The molecule has 0 spiro atoms. The van der Waals surface area contributed by atoms with Crippen LogP contribution >= 0.6 is 23.2 Å². The first-order valence-electron chi connectivity index (χ1n) is 9.74. The van der Waals surface area contributed by atoms with Gasteiger partial charge in [-0.15, -0.1) is 0 Å². The van der Waals surface area contributed by atoms with Crippen molar-refractivity contribution in [3.8, 4) is 5.75 Å². The second-order valence-electron chi connectivity index (χ2n) is 8.11. The van der Waals surface area contributed by atoms with E-state index in [0.717, 1.165) is 0 Å². The van der Waals surface area contributed by atoms with Gasteiger partial charge in [0.25, 0.3) is 5.91 Å². The Morgan fingerprint density at radius 3 is 2.31 bits per heavy atom. The fourth-order valence-corrected chi connectivity index (χ4v) is 3.90. The fraction of sp³-hybridized carbons (Fsp3) is 0.261. The summed E-state index contributed by atoms with van der Waals surface area (Å²) in [4.78, 5) is 37.7. The molecule has 0 saturated carbocycles. The third-order valence-electron chi connectivity index (χ3n) is 5.40. The van der Waals surface area contributed by atoms with E-state index in [2.05, 4.69) is 5.32 Å². The topological polar surface area (TPSA) is 109 Å². The van der Waals surface area contributed by atoms with Crippen LogP contribution in [0.2, 0.25) is 10.0 Å². The Bertz CT molecular complexity index is 1260. The van der Waals surface area contributed by atoms with Crippen LogP contribution in [0.25, 0.3) is 10.9 Å². The summed E-state index contributed by atoms with van der Waals surface area (Å²) in [6.07, 6.45) is 0. The monoisotopic (exact) mass is 476 g/mol. The van der Waals surface area contributed by atoms with Crippen molar-refractivity contribution in [3.05, 3.63) is 63.3 Å². The molecule has 3 rings (SSSR count). The van der Waals surface area contributed by atoms with Crippen molar-refractivity contribution in [1.29, 1.82) is 0 Å². The molecule has 7 nitrogen and oxygen atoms in total. The number of carbonyl (C=O) groups is 3. The molecule has 1 atom stereocenters. The third kappa shape index (κ3) is 4.18. The number of phenolic OH excluding ortho intramolecular Hbond substituents is 1. The highest BCUT2D eigenvalue weighted by atomic mass is 35.5. The minimum absolute atomic E-state index is 0.0311. The number of hydrogen-bond donors (Lipinski definition) is 3. The van der Waals surface area contributed by atoms with Crippen LogP contribution in [0.1, 0.15) is 48.3 Å². The van der Waals surface area contributed by atoms with Crippen LogP contribution in [0, 0.1) is 6.92 Å². The number of benzene rings is 2. The number of fused-ring (bicyclic) bond motifs is 1. The van der Waals surface area contributed by atoms with Crippen molar-refractivity contribution in [2.75, 3.05) is 0 Å². The molecular weight excluding hydrogens is 455 g/mol. The highest BCUT2D eigenvalue weighted by Crippen LogP contribution is 2.35. The molecule has 0 aliphatic carbocycles. The number of carboxylic acids is 1. The maximum Gasteiger partial charge on any atom is 0.328 e. The Morgan fingerprint density at radius 2 is 1.72 bits per heavy atom. The van der Waals surface area contributed by atoms with Crippen LogP contribution in [0.3, 0.4) is 0 Å². The Morgan fingerprint density at radius 1 is 1.06 bits per heavy atom. The highest BCUT2D eigenvalue weighted by Gasteiger charge is 2.33. The Labute approximate surface area is 194 Å². The first-order valence-corrected chi connectivity index (χ1v) is 10.5. The third-order valence-corrected chi connectivity index (χ3v) is 6.14. The first kappa shape index (κ1) is 23.6. The minimum Gasteiger partial charge on any atom is -0.508 e. The predicted octanol–water partition coefficient (Wildman–Crippen LogP) is 4.73. The van der Waals surface area contributed by atoms with Gasteiger partial charge in [-0.05, 0) is 69.7 Å². The summed E-state index contributed by atoms with van der Waals surface area (Å²) in [5.74, 6) is -2.92. The maximum atomic E-state index is 13.4. The molecule has 1 amide bonds. The van der Waals surface area contributed by atoms with Gasteiger partial charge in [0.15, 0.2) is 0 Å². The molecule has 0 aliphatic heterocycles. The number of amides is 1. The van der Waals surface area contributed by atoms with Crippen molar-refractivity contribution < 1.29 is 24.6 Å². The first-order chi connectivity index (χ1) is 14.8. The van der Waals surface area contributed by atoms with E-state index in [1.54, 1.807) is 26.0 Å². The number of carbonyl (C=O) groups excluding carboxylic acids is 2. The maximum absolute atomic E-state index is 13.4. The van der Waals surface area contributed by atoms with Crippen molar-refractivity contribution in [1.82, 2.24) is 9.88 Å². The standard InChI is InChI=1S/C23H22Cl2N2O5/c1-11(20(29)26-23(3,4)22(31)32)19-12(2)27(18-8-6-14(28)10-15(18)19)21(30)13-5-7-16(24)17(25)9-13/h5-11,28H,1-4H3,(H,26,29)(H,31,32)/t11-/m1/s1. The van der Waals surface area contributed by atoms with Crippen molar-refractivity contribution in [2.45, 2.75) is 39.2 Å². The van der Waals surface area contributed by atoms with E-state index in [9.17, 15) is 24.6 Å². The van der Waals surface area contributed by atoms with E-state index in [1.165, 1.54) is 42.7 Å². The number of nitrogens with zero attached hydrogens (tertiary/aromatic N) is 1. The summed E-state index contributed by atoms with van der Waals surface area (Å²) in [6.45, 7) is 6.08. The molecule has 0 radical (unpaired) electrons. The molecule has 2 aromatic carbocycles. The van der Waals surface area contributed by atoms with E-state index >= 15 is 0 Å².